The van der Waals surface area contributed by atoms with Crippen molar-refractivity contribution in [2.45, 2.75) is 6.92 Å². The molecule has 0 unspecified atom stereocenters. The summed E-state index contributed by atoms with van der Waals surface area (Å²) in [6.07, 6.45) is 1.46. The van der Waals surface area contributed by atoms with Crippen molar-refractivity contribution in [3.63, 3.8) is 0 Å². The maximum absolute atomic E-state index is 13.0. The molecular weight excluding hydrogens is 426 g/mol. The Morgan fingerprint density at radius 1 is 1.29 bits per heavy atom. The maximum atomic E-state index is 13.0. The molecule has 0 fully saturated rings. The Kier molecular flexibility index (Phi) is 5.33. The summed E-state index contributed by atoms with van der Waals surface area (Å²) in [6.45, 7) is 5.22. The molecule has 0 atom stereocenters. The number of pyridine rings is 1. The highest BCUT2D eigenvalue weighted by Crippen LogP contribution is 2.32. The molecule has 7 nitrogen and oxygen atoms in total. The highest BCUT2D eigenvalue weighted by molar-refractivity contribution is 9.10. The summed E-state index contributed by atoms with van der Waals surface area (Å²) in [5, 5.41) is 0.179. The average Bonchev–Trinajstić information content (AvgIpc) is 2.67. The molecule has 0 aliphatic rings. The number of esters is 1. The molecule has 3 aromatic rings. The average molecular weight is 444 g/mol. The van der Waals surface area contributed by atoms with Gasteiger partial charge in [-0.2, -0.15) is 0 Å². The second kappa shape index (κ2) is 7.55. The molecule has 0 saturated heterocycles. The van der Waals surface area contributed by atoms with Gasteiger partial charge in [-0.3, -0.25) is 13.9 Å². The van der Waals surface area contributed by atoms with Crippen LogP contribution in [0.2, 0.25) is 0 Å². The first kappa shape index (κ1) is 19.8. The smallest absolute Gasteiger partial charge is 0.340 e. The van der Waals surface area contributed by atoms with Gasteiger partial charge in [-0.15, -0.1) is 0 Å². The molecule has 3 rings (SSSR count). The van der Waals surface area contributed by atoms with Gasteiger partial charge in [-0.05, 0) is 24.6 Å². The van der Waals surface area contributed by atoms with Crippen molar-refractivity contribution in [2.75, 3.05) is 6.61 Å². The molecule has 0 bridgehead atoms. The van der Waals surface area contributed by atoms with E-state index in [1.807, 2.05) is 6.07 Å². The number of rotatable bonds is 4. The third-order valence-corrected chi connectivity index (χ3v) is 4.91. The van der Waals surface area contributed by atoms with Gasteiger partial charge in [0, 0.05) is 24.1 Å². The third kappa shape index (κ3) is 3.20. The summed E-state index contributed by atoms with van der Waals surface area (Å²) in [4.78, 5) is 42.5. The van der Waals surface area contributed by atoms with Crippen LogP contribution in [0.5, 0.6) is 0 Å². The van der Waals surface area contributed by atoms with Crippen LogP contribution in [-0.4, -0.2) is 26.7 Å². The van der Waals surface area contributed by atoms with Gasteiger partial charge < -0.3 is 4.74 Å². The Bertz CT molecular complexity index is 1240. The van der Waals surface area contributed by atoms with E-state index in [0.717, 1.165) is 9.04 Å². The highest BCUT2D eigenvalue weighted by Gasteiger charge is 2.25. The molecule has 144 valence electrons. The molecule has 8 heteroatoms. The summed E-state index contributed by atoms with van der Waals surface area (Å²) < 4.78 is 8.31. The van der Waals surface area contributed by atoms with Crippen molar-refractivity contribution in [2.24, 2.45) is 14.1 Å². The van der Waals surface area contributed by atoms with E-state index < -0.39 is 17.2 Å². The summed E-state index contributed by atoms with van der Waals surface area (Å²) in [5.74, 6) is -0.613. The molecule has 0 N–H and O–H groups in total. The Morgan fingerprint density at radius 2 is 2.00 bits per heavy atom. The molecule has 2 heterocycles. The van der Waals surface area contributed by atoms with Gasteiger partial charge in [0.05, 0.1) is 16.6 Å². The Labute approximate surface area is 169 Å². The van der Waals surface area contributed by atoms with Gasteiger partial charge in [0.25, 0.3) is 5.56 Å². The van der Waals surface area contributed by atoms with Crippen molar-refractivity contribution in [1.82, 2.24) is 14.1 Å². The quantitative estimate of drug-likeness (QED) is 0.457. The van der Waals surface area contributed by atoms with Crippen molar-refractivity contribution in [3.05, 3.63) is 73.5 Å². The van der Waals surface area contributed by atoms with Gasteiger partial charge in [0.15, 0.2) is 0 Å². The fourth-order valence-electron chi connectivity index (χ4n) is 3.09. The minimum absolute atomic E-state index is 0.0273. The van der Waals surface area contributed by atoms with Crippen LogP contribution in [-0.2, 0) is 18.8 Å². The van der Waals surface area contributed by atoms with Crippen LogP contribution in [0.4, 0.5) is 0 Å². The number of aromatic nitrogens is 3. The van der Waals surface area contributed by atoms with E-state index in [4.69, 9.17) is 4.74 Å². The molecule has 0 spiro atoms. The lowest BCUT2D eigenvalue weighted by atomic mass is 9.96. The fraction of sp³-hybridized carbons (Fsp3) is 0.200. The van der Waals surface area contributed by atoms with E-state index in [1.165, 1.54) is 24.7 Å². The second-order valence-corrected chi connectivity index (χ2v) is 7.16. The van der Waals surface area contributed by atoms with E-state index in [1.54, 1.807) is 25.1 Å². The zero-order chi connectivity index (χ0) is 20.6. The summed E-state index contributed by atoms with van der Waals surface area (Å²) in [5.41, 5.74) is 0.744. The van der Waals surface area contributed by atoms with Crippen molar-refractivity contribution in [1.29, 1.82) is 0 Å². The van der Waals surface area contributed by atoms with E-state index in [9.17, 15) is 14.4 Å². The molecule has 0 saturated carbocycles. The molecule has 1 aromatic carbocycles. The summed E-state index contributed by atoms with van der Waals surface area (Å²) in [7, 11) is 2.93. The minimum Gasteiger partial charge on any atom is -0.458 e. The van der Waals surface area contributed by atoms with Gasteiger partial charge in [0.2, 0.25) is 0 Å². The standard InChI is InChI=1S/C20H18BrN3O4/c1-5-9-28-19(26)14-11(2)22-17-16(18(25)24(4)20(27)23(17)3)15(14)12-7-6-8-13(21)10-12/h5-8,10H,1,9H2,2-4H3. The zero-order valence-electron chi connectivity index (χ0n) is 15.7. The second-order valence-electron chi connectivity index (χ2n) is 6.25. The highest BCUT2D eigenvalue weighted by atomic mass is 79.9. The first-order valence-corrected chi connectivity index (χ1v) is 9.21. The van der Waals surface area contributed by atoms with Crippen molar-refractivity contribution >= 4 is 32.9 Å². The van der Waals surface area contributed by atoms with Crippen LogP contribution in [0.3, 0.4) is 0 Å². The predicted octanol–water partition coefficient (Wildman–Crippen LogP) is 2.71. The molecular formula is C20H18BrN3O4. The monoisotopic (exact) mass is 443 g/mol. The lowest BCUT2D eigenvalue weighted by molar-refractivity contribution is 0.0549. The molecule has 0 radical (unpaired) electrons. The van der Waals surface area contributed by atoms with E-state index in [2.05, 4.69) is 27.5 Å². The van der Waals surface area contributed by atoms with E-state index in [0.29, 0.717) is 16.8 Å². The summed E-state index contributed by atoms with van der Waals surface area (Å²) >= 11 is 3.42. The molecule has 28 heavy (non-hydrogen) atoms. The van der Waals surface area contributed by atoms with Gasteiger partial charge in [-0.25, -0.2) is 14.6 Å². The number of hydrogen-bond acceptors (Lipinski definition) is 5. The number of ether oxygens (including phenoxy) is 1. The van der Waals surface area contributed by atoms with Gasteiger partial charge in [-0.1, -0.05) is 40.7 Å². The number of carbonyl (C=O) groups is 1. The normalized spacial score (nSPS) is 10.9. The van der Waals surface area contributed by atoms with Crippen LogP contribution < -0.4 is 11.2 Å². The topological polar surface area (TPSA) is 83.2 Å². The fourth-order valence-corrected chi connectivity index (χ4v) is 3.49. The molecule has 2 aromatic heterocycles. The Hall–Kier alpha value is -3.00. The number of fused-ring (bicyclic) bond motifs is 1. The first-order chi connectivity index (χ1) is 13.3. The number of carbonyl (C=O) groups excluding carboxylic acids is 1. The number of aryl methyl sites for hydroxylation is 2. The number of hydrogen-bond donors (Lipinski definition) is 0. The van der Waals surface area contributed by atoms with Gasteiger partial charge in [0.1, 0.15) is 12.3 Å². The largest absolute Gasteiger partial charge is 0.458 e. The Balaban J connectivity index is 2.56. The minimum atomic E-state index is -0.613. The molecule has 0 amide bonds. The zero-order valence-corrected chi connectivity index (χ0v) is 17.2. The molecule has 0 aliphatic heterocycles. The van der Waals surface area contributed by atoms with Crippen LogP contribution in [0.1, 0.15) is 16.1 Å². The molecule has 0 aliphatic carbocycles. The van der Waals surface area contributed by atoms with Crippen LogP contribution in [0.15, 0.2) is 51.0 Å². The lowest BCUT2D eigenvalue weighted by Gasteiger charge is -2.16. The third-order valence-electron chi connectivity index (χ3n) is 4.42. The van der Waals surface area contributed by atoms with E-state index in [-0.39, 0.29) is 23.2 Å². The van der Waals surface area contributed by atoms with Crippen molar-refractivity contribution in [3.8, 4) is 11.1 Å². The predicted molar refractivity (Wildman–Crippen MR) is 111 cm³/mol. The van der Waals surface area contributed by atoms with Crippen LogP contribution in [0.25, 0.3) is 22.2 Å². The lowest BCUT2D eigenvalue weighted by Crippen LogP contribution is -2.38. The summed E-state index contributed by atoms with van der Waals surface area (Å²) in [6, 6.07) is 7.21. The maximum Gasteiger partial charge on any atom is 0.340 e. The Morgan fingerprint density at radius 3 is 2.64 bits per heavy atom. The van der Waals surface area contributed by atoms with Crippen molar-refractivity contribution < 1.29 is 9.53 Å². The van der Waals surface area contributed by atoms with Gasteiger partial charge >= 0.3 is 11.7 Å². The number of halogens is 1. The van der Waals surface area contributed by atoms with Crippen LogP contribution in [0, 0.1) is 6.92 Å². The first-order valence-electron chi connectivity index (χ1n) is 8.42. The number of nitrogens with zero attached hydrogens (tertiary/aromatic N) is 3. The van der Waals surface area contributed by atoms with E-state index >= 15 is 0 Å². The number of benzene rings is 1. The van der Waals surface area contributed by atoms with Crippen LogP contribution >= 0.6 is 15.9 Å². The SMILES string of the molecule is C=CCOC(=O)c1c(C)nc2c(c1-c1cccc(Br)c1)c(=O)n(C)c(=O)n2C.